The SMILES string of the molecule is CN(N)c1c(N)cccc1NC(=O)C(Cc1ccccc1)NC(=O)c1ccccc1. The highest BCUT2D eigenvalue weighted by Gasteiger charge is 2.23. The molecule has 0 saturated carbocycles. The van der Waals surface area contributed by atoms with E-state index in [1.807, 2.05) is 36.4 Å². The van der Waals surface area contributed by atoms with Gasteiger partial charge < -0.3 is 21.4 Å². The minimum atomic E-state index is -0.794. The lowest BCUT2D eigenvalue weighted by molar-refractivity contribution is -0.118. The summed E-state index contributed by atoms with van der Waals surface area (Å²) in [5.41, 5.74) is 8.82. The van der Waals surface area contributed by atoms with Crippen LogP contribution in [0.15, 0.2) is 78.9 Å². The maximum absolute atomic E-state index is 13.1. The monoisotopic (exact) mass is 403 g/mol. The van der Waals surface area contributed by atoms with Gasteiger partial charge >= 0.3 is 0 Å². The molecule has 154 valence electrons. The predicted molar refractivity (Wildman–Crippen MR) is 120 cm³/mol. The fourth-order valence-corrected chi connectivity index (χ4v) is 3.17. The van der Waals surface area contributed by atoms with Crippen molar-refractivity contribution in [2.45, 2.75) is 12.5 Å². The molecule has 2 amide bonds. The minimum Gasteiger partial charge on any atom is -0.397 e. The summed E-state index contributed by atoms with van der Waals surface area (Å²) in [6, 6.07) is 22.6. The predicted octanol–water partition coefficient (Wildman–Crippen LogP) is 2.56. The number of nitrogen functional groups attached to an aromatic ring is 1. The Morgan fingerprint density at radius 2 is 1.57 bits per heavy atom. The van der Waals surface area contributed by atoms with Gasteiger partial charge in [0.05, 0.1) is 17.1 Å². The van der Waals surface area contributed by atoms with Crippen LogP contribution in [0, 0.1) is 0 Å². The van der Waals surface area contributed by atoms with Gasteiger partial charge in [-0.3, -0.25) is 9.59 Å². The largest absolute Gasteiger partial charge is 0.397 e. The number of hydrogen-bond acceptors (Lipinski definition) is 5. The number of carbonyl (C=O) groups is 2. The first-order valence-corrected chi connectivity index (χ1v) is 9.53. The minimum absolute atomic E-state index is 0.324. The average Bonchev–Trinajstić information content (AvgIpc) is 2.74. The number of rotatable bonds is 7. The van der Waals surface area contributed by atoms with Crippen LogP contribution in [0.3, 0.4) is 0 Å². The van der Waals surface area contributed by atoms with Crippen molar-refractivity contribution in [1.29, 1.82) is 0 Å². The first-order chi connectivity index (χ1) is 14.5. The molecule has 0 heterocycles. The van der Waals surface area contributed by atoms with Gasteiger partial charge in [0.15, 0.2) is 0 Å². The van der Waals surface area contributed by atoms with Gasteiger partial charge in [-0.2, -0.15) is 0 Å². The van der Waals surface area contributed by atoms with Crippen LogP contribution in [0.5, 0.6) is 0 Å². The van der Waals surface area contributed by atoms with E-state index in [2.05, 4.69) is 10.6 Å². The Kier molecular flexibility index (Phi) is 6.67. The van der Waals surface area contributed by atoms with Gasteiger partial charge in [-0.25, -0.2) is 5.84 Å². The number of carbonyl (C=O) groups excluding carboxylic acids is 2. The standard InChI is InChI=1S/C23H25N5O2/c1-28(25)21-18(24)13-8-14-19(21)26-23(30)20(15-16-9-4-2-5-10-16)27-22(29)17-11-6-3-7-12-17/h2-14,20H,15,24-25H2,1H3,(H,26,30)(H,27,29). The molecule has 0 aliphatic carbocycles. The maximum Gasteiger partial charge on any atom is 0.251 e. The molecular formula is C23H25N5O2. The third-order valence-electron chi connectivity index (χ3n) is 4.62. The van der Waals surface area contributed by atoms with E-state index in [9.17, 15) is 9.59 Å². The topological polar surface area (TPSA) is 113 Å². The zero-order valence-corrected chi connectivity index (χ0v) is 16.7. The second-order valence-electron chi connectivity index (χ2n) is 6.93. The quantitative estimate of drug-likeness (QED) is 0.275. The van der Waals surface area contributed by atoms with Crippen LogP contribution >= 0.6 is 0 Å². The zero-order valence-electron chi connectivity index (χ0n) is 16.7. The van der Waals surface area contributed by atoms with Crippen LogP contribution in [-0.2, 0) is 11.2 Å². The second-order valence-corrected chi connectivity index (χ2v) is 6.93. The summed E-state index contributed by atoms with van der Waals surface area (Å²) in [6.45, 7) is 0. The van der Waals surface area contributed by atoms with E-state index in [1.165, 1.54) is 5.01 Å². The third kappa shape index (κ3) is 5.15. The third-order valence-corrected chi connectivity index (χ3v) is 4.62. The molecule has 3 rings (SSSR count). The molecule has 7 nitrogen and oxygen atoms in total. The van der Waals surface area contributed by atoms with Crippen LogP contribution in [0.2, 0.25) is 0 Å². The van der Waals surface area contributed by atoms with E-state index >= 15 is 0 Å². The summed E-state index contributed by atoms with van der Waals surface area (Å²) >= 11 is 0. The normalized spacial score (nSPS) is 11.4. The van der Waals surface area contributed by atoms with Gasteiger partial charge in [0, 0.05) is 19.0 Å². The summed E-state index contributed by atoms with van der Waals surface area (Å²) in [4.78, 5) is 25.8. The van der Waals surface area contributed by atoms with Gasteiger partial charge in [-0.15, -0.1) is 0 Å². The van der Waals surface area contributed by atoms with E-state index in [0.29, 0.717) is 29.0 Å². The Hall–Kier alpha value is -3.84. The van der Waals surface area contributed by atoms with Crippen molar-refractivity contribution in [3.8, 4) is 0 Å². The molecule has 0 spiro atoms. The lowest BCUT2D eigenvalue weighted by atomic mass is 10.0. The van der Waals surface area contributed by atoms with Crippen molar-refractivity contribution in [1.82, 2.24) is 5.32 Å². The number of benzene rings is 3. The number of para-hydroxylation sites is 1. The number of nitrogens with two attached hydrogens (primary N) is 2. The van der Waals surface area contributed by atoms with Crippen molar-refractivity contribution in [2.75, 3.05) is 23.1 Å². The Bertz CT molecular complexity index is 1010. The van der Waals surface area contributed by atoms with Crippen molar-refractivity contribution >= 4 is 28.9 Å². The van der Waals surface area contributed by atoms with E-state index in [4.69, 9.17) is 11.6 Å². The molecule has 0 saturated heterocycles. The molecule has 3 aromatic carbocycles. The van der Waals surface area contributed by atoms with Gasteiger partial charge in [0.2, 0.25) is 5.91 Å². The second kappa shape index (κ2) is 9.58. The highest BCUT2D eigenvalue weighted by Crippen LogP contribution is 2.30. The van der Waals surface area contributed by atoms with Gasteiger partial charge in [-0.1, -0.05) is 54.6 Å². The number of nitrogens with one attached hydrogen (secondary N) is 2. The Balaban J connectivity index is 1.85. The summed E-state index contributed by atoms with van der Waals surface area (Å²) in [7, 11) is 1.64. The fraction of sp³-hybridized carbons (Fsp3) is 0.130. The number of hydrazine groups is 1. The van der Waals surface area contributed by atoms with Crippen LogP contribution in [0.25, 0.3) is 0 Å². The van der Waals surface area contributed by atoms with Gasteiger partial charge in [0.25, 0.3) is 5.91 Å². The highest BCUT2D eigenvalue weighted by molar-refractivity contribution is 6.03. The van der Waals surface area contributed by atoms with Gasteiger partial charge in [0.1, 0.15) is 6.04 Å². The van der Waals surface area contributed by atoms with Crippen LogP contribution in [0.4, 0.5) is 17.1 Å². The first kappa shape index (κ1) is 20.9. The summed E-state index contributed by atoms with van der Waals surface area (Å²) in [6.07, 6.45) is 0.335. The molecule has 3 aromatic rings. The smallest absolute Gasteiger partial charge is 0.251 e. The summed E-state index contributed by atoms with van der Waals surface area (Å²) in [5.74, 6) is 5.19. The molecule has 1 atom stereocenters. The van der Waals surface area contributed by atoms with Crippen molar-refractivity contribution in [2.24, 2.45) is 5.84 Å². The summed E-state index contributed by atoms with van der Waals surface area (Å²) in [5, 5.41) is 7.04. The van der Waals surface area contributed by atoms with Crippen LogP contribution in [-0.4, -0.2) is 24.9 Å². The first-order valence-electron chi connectivity index (χ1n) is 9.53. The molecule has 0 aromatic heterocycles. The molecular weight excluding hydrogens is 378 g/mol. The van der Waals surface area contributed by atoms with Crippen molar-refractivity contribution < 1.29 is 9.59 Å². The van der Waals surface area contributed by atoms with Crippen LogP contribution in [0.1, 0.15) is 15.9 Å². The molecule has 0 bridgehead atoms. The van der Waals surface area contributed by atoms with E-state index in [-0.39, 0.29) is 11.8 Å². The van der Waals surface area contributed by atoms with Crippen LogP contribution < -0.4 is 27.2 Å². The molecule has 1 unspecified atom stereocenters. The Labute approximate surface area is 175 Å². The Morgan fingerprint density at radius 3 is 2.20 bits per heavy atom. The number of nitrogens with zero attached hydrogens (tertiary/aromatic N) is 1. The summed E-state index contributed by atoms with van der Waals surface area (Å²) < 4.78 is 0. The maximum atomic E-state index is 13.1. The molecule has 30 heavy (non-hydrogen) atoms. The van der Waals surface area contributed by atoms with E-state index in [0.717, 1.165) is 5.56 Å². The number of hydrogen-bond donors (Lipinski definition) is 4. The van der Waals surface area contributed by atoms with E-state index in [1.54, 1.807) is 49.5 Å². The van der Waals surface area contributed by atoms with Gasteiger partial charge in [-0.05, 0) is 29.8 Å². The van der Waals surface area contributed by atoms with Crippen molar-refractivity contribution in [3.63, 3.8) is 0 Å². The highest BCUT2D eigenvalue weighted by atomic mass is 16.2. The lowest BCUT2D eigenvalue weighted by Crippen LogP contribution is -2.45. The average molecular weight is 403 g/mol. The molecule has 0 aliphatic rings. The molecule has 0 radical (unpaired) electrons. The molecule has 6 N–H and O–H groups in total. The molecule has 0 aliphatic heterocycles. The fourth-order valence-electron chi connectivity index (χ4n) is 3.17. The molecule has 0 fully saturated rings. The number of amides is 2. The van der Waals surface area contributed by atoms with E-state index < -0.39 is 6.04 Å². The zero-order chi connectivity index (χ0) is 21.5. The Morgan fingerprint density at radius 1 is 0.933 bits per heavy atom. The molecule has 7 heteroatoms. The number of anilines is 3. The lowest BCUT2D eigenvalue weighted by Gasteiger charge is -2.22. The van der Waals surface area contributed by atoms with Crippen molar-refractivity contribution in [3.05, 3.63) is 90.0 Å².